The molecular formula is C16H14N2O2S. The molecule has 0 fully saturated rings. The van der Waals surface area contributed by atoms with Gasteiger partial charge in [0, 0.05) is 11.1 Å². The number of aromatic nitrogens is 1. The smallest absolute Gasteiger partial charge is 0.350 e. The maximum Gasteiger partial charge on any atom is 0.350 e. The number of anilines is 2. The van der Waals surface area contributed by atoms with Gasteiger partial charge in [-0.15, -0.1) is 0 Å². The monoisotopic (exact) mass is 298 g/mol. The number of ether oxygens (including phenoxy) is 1. The number of methoxy groups -OCH3 is 1. The molecule has 1 aromatic heterocycles. The summed E-state index contributed by atoms with van der Waals surface area (Å²) in [5.74, 6) is -0.351. The number of hydrogen-bond acceptors (Lipinski definition) is 5. The van der Waals surface area contributed by atoms with Crippen molar-refractivity contribution in [1.82, 2.24) is 4.98 Å². The van der Waals surface area contributed by atoms with Crippen LogP contribution in [0, 0.1) is 6.92 Å². The molecule has 4 nitrogen and oxygen atoms in total. The minimum Gasteiger partial charge on any atom is -0.465 e. The molecule has 3 rings (SSSR count). The molecular weight excluding hydrogens is 284 g/mol. The van der Waals surface area contributed by atoms with Gasteiger partial charge in [0.2, 0.25) is 0 Å². The summed E-state index contributed by atoms with van der Waals surface area (Å²) in [6.07, 6.45) is 0. The van der Waals surface area contributed by atoms with E-state index in [2.05, 4.69) is 28.5 Å². The van der Waals surface area contributed by atoms with Crippen LogP contribution in [0.15, 0.2) is 42.5 Å². The zero-order chi connectivity index (χ0) is 14.8. The summed E-state index contributed by atoms with van der Waals surface area (Å²) in [5.41, 5.74) is 1.65. The number of carbonyl (C=O) groups excluding carboxylic acids is 1. The summed E-state index contributed by atoms with van der Waals surface area (Å²) in [4.78, 5) is 16.5. The fourth-order valence-electron chi connectivity index (χ4n) is 2.18. The van der Waals surface area contributed by atoms with Crippen LogP contribution in [0.1, 0.15) is 15.4 Å². The van der Waals surface area contributed by atoms with E-state index in [-0.39, 0.29) is 5.97 Å². The molecule has 0 amide bonds. The van der Waals surface area contributed by atoms with E-state index >= 15 is 0 Å². The van der Waals surface area contributed by atoms with E-state index < -0.39 is 0 Å². The Balaban J connectivity index is 1.98. The topological polar surface area (TPSA) is 51.2 Å². The molecule has 0 saturated carbocycles. The van der Waals surface area contributed by atoms with Gasteiger partial charge < -0.3 is 10.1 Å². The Morgan fingerprint density at radius 2 is 1.95 bits per heavy atom. The predicted octanol–water partition coefficient (Wildman–Crippen LogP) is 4.13. The molecule has 1 heterocycles. The van der Waals surface area contributed by atoms with Crippen molar-refractivity contribution in [3.8, 4) is 0 Å². The number of hydrogen-bond donors (Lipinski definition) is 1. The minimum absolute atomic E-state index is 0.351. The zero-order valence-electron chi connectivity index (χ0n) is 11.7. The largest absolute Gasteiger partial charge is 0.465 e. The van der Waals surface area contributed by atoms with E-state index in [1.807, 2.05) is 24.3 Å². The number of nitrogens with one attached hydrogen (secondary N) is 1. The van der Waals surface area contributed by atoms with Crippen molar-refractivity contribution in [2.24, 2.45) is 0 Å². The summed E-state index contributed by atoms with van der Waals surface area (Å²) in [7, 11) is 1.37. The molecule has 1 N–H and O–H groups in total. The van der Waals surface area contributed by atoms with Crippen LogP contribution in [-0.4, -0.2) is 18.1 Å². The van der Waals surface area contributed by atoms with Crippen LogP contribution in [0.5, 0.6) is 0 Å². The lowest BCUT2D eigenvalue weighted by atomic mass is 10.1. The molecule has 0 radical (unpaired) electrons. The normalized spacial score (nSPS) is 10.6. The van der Waals surface area contributed by atoms with Crippen LogP contribution in [0.3, 0.4) is 0 Å². The number of thiazole rings is 1. The van der Waals surface area contributed by atoms with Gasteiger partial charge >= 0.3 is 5.97 Å². The number of rotatable bonds is 3. The molecule has 0 atom stereocenters. The molecule has 21 heavy (non-hydrogen) atoms. The second kappa shape index (κ2) is 5.54. The van der Waals surface area contributed by atoms with Crippen LogP contribution in [0.25, 0.3) is 10.8 Å². The molecule has 5 heteroatoms. The second-order valence-corrected chi connectivity index (χ2v) is 5.58. The summed E-state index contributed by atoms with van der Waals surface area (Å²) < 4.78 is 4.75. The lowest BCUT2D eigenvalue weighted by molar-refractivity contribution is 0.0605. The SMILES string of the molecule is COC(=O)c1sc(Nc2cccc3ccccc23)nc1C. The van der Waals surface area contributed by atoms with Crippen molar-refractivity contribution >= 4 is 38.9 Å². The summed E-state index contributed by atoms with van der Waals surface area (Å²) in [5, 5.41) is 6.25. The second-order valence-electron chi connectivity index (χ2n) is 4.58. The van der Waals surface area contributed by atoms with Crippen LogP contribution in [-0.2, 0) is 4.74 Å². The summed E-state index contributed by atoms with van der Waals surface area (Å²) in [6, 6.07) is 14.2. The Labute approximate surface area is 126 Å². The summed E-state index contributed by atoms with van der Waals surface area (Å²) >= 11 is 1.30. The van der Waals surface area contributed by atoms with Crippen LogP contribution in [0.2, 0.25) is 0 Å². The van der Waals surface area contributed by atoms with Crippen molar-refractivity contribution in [3.63, 3.8) is 0 Å². The van der Waals surface area contributed by atoms with Gasteiger partial charge in [-0.05, 0) is 18.4 Å². The van der Waals surface area contributed by atoms with Crippen molar-refractivity contribution in [2.75, 3.05) is 12.4 Å². The van der Waals surface area contributed by atoms with E-state index in [9.17, 15) is 4.79 Å². The molecule has 0 aliphatic carbocycles. The molecule has 0 saturated heterocycles. The minimum atomic E-state index is -0.351. The lowest BCUT2D eigenvalue weighted by Gasteiger charge is -2.06. The maximum atomic E-state index is 11.6. The third-order valence-corrected chi connectivity index (χ3v) is 4.25. The molecule has 0 bridgehead atoms. The highest BCUT2D eigenvalue weighted by Gasteiger charge is 2.16. The van der Waals surface area contributed by atoms with Crippen molar-refractivity contribution in [1.29, 1.82) is 0 Å². The molecule has 3 aromatic rings. The van der Waals surface area contributed by atoms with E-state index in [1.54, 1.807) is 6.92 Å². The van der Waals surface area contributed by atoms with Gasteiger partial charge in [0.1, 0.15) is 4.88 Å². The fourth-order valence-corrected chi connectivity index (χ4v) is 3.08. The van der Waals surface area contributed by atoms with Crippen molar-refractivity contribution in [3.05, 3.63) is 53.0 Å². The molecule has 2 aromatic carbocycles. The molecule has 0 aliphatic heterocycles. The number of nitrogens with zero attached hydrogens (tertiary/aromatic N) is 1. The number of esters is 1. The Hall–Kier alpha value is -2.40. The molecule has 0 aliphatic rings. The number of benzene rings is 2. The number of fused-ring (bicyclic) bond motifs is 1. The average Bonchev–Trinajstić information content (AvgIpc) is 2.87. The third-order valence-electron chi connectivity index (χ3n) is 3.20. The third kappa shape index (κ3) is 2.60. The van der Waals surface area contributed by atoms with Gasteiger partial charge in [0.25, 0.3) is 0 Å². The predicted molar refractivity (Wildman–Crippen MR) is 85.4 cm³/mol. The fraction of sp³-hybridized carbons (Fsp3) is 0.125. The maximum absolute atomic E-state index is 11.6. The van der Waals surface area contributed by atoms with Gasteiger partial charge in [-0.3, -0.25) is 0 Å². The van der Waals surface area contributed by atoms with Gasteiger partial charge in [0.15, 0.2) is 5.13 Å². The average molecular weight is 298 g/mol. The van der Waals surface area contributed by atoms with E-state index in [1.165, 1.54) is 18.4 Å². The first-order chi connectivity index (χ1) is 10.2. The summed E-state index contributed by atoms with van der Waals surface area (Å²) in [6.45, 7) is 1.80. The van der Waals surface area contributed by atoms with Gasteiger partial charge in [0.05, 0.1) is 12.8 Å². The van der Waals surface area contributed by atoms with Crippen LogP contribution >= 0.6 is 11.3 Å². The van der Waals surface area contributed by atoms with Gasteiger partial charge in [-0.2, -0.15) is 0 Å². The standard InChI is InChI=1S/C16H14N2O2S/c1-10-14(15(19)20-2)21-16(17-10)18-13-9-5-7-11-6-3-4-8-12(11)13/h3-9H,1-2H3,(H,17,18). The van der Waals surface area contributed by atoms with Gasteiger partial charge in [-0.1, -0.05) is 47.7 Å². The molecule has 0 spiro atoms. The highest BCUT2D eigenvalue weighted by Crippen LogP contribution is 2.30. The highest BCUT2D eigenvalue weighted by atomic mass is 32.1. The Bertz CT molecular complexity index is 806. The van der Waals surface area contributed by atoms with E-state index in [4.69, 9.17) is 4.74 Å². The molecule has 0 unspecified atom stereocenters. The quantitative estimate of drug-likeness (QED) is 0.738. The Morgan fingerprint density at radius 1 is 1.19 bits per heavy atom. The van der Waals surface area contributed by atoms with Crippen LogP contribution < -0.4 is 5.32 Å². The Kier molecular flexibility index (Phi) is 3.58. The first-order valence-electron chi connectivity index (χ1n) is 6.49. The van der Waals surface area contributed by atoms with Crippen molar-refractivity contribution in [2.45, 2.75) is 6.92 Å². The van der Waals surface area contributed by atoms with Crippen LogP contribution in [0.4, 0.5) is 10.8 Å². The van der Waals surface area contributed by atoms with E-state index in [0.29, 0.717) is 15.7 Å². The van der Waals surface area contributed by atoms with Crippen molar-refractivity contribution < 1.29 is 9.53 Å². The lowest BCUT2D eigenvalue weighted by Crippen LogP contribution is -1.99. The first kappa shape index (κ1) is 13.6. The highest BCUT2D eigenvalue weighted by molar-refractivity contribution is 7.17. The zero-order valence-corrected chi connectivity index (χ0v) is 12.5. The number of carbonyl (C=O) groups is 1. The first-order valence-corrected chi connectivity index (χ1v) is 7.31. The molecule has 106 valence electrons. The van der Waals surface area contributed by atoms with E-state index in [0.717, 1.165) is 16.5 Å². The Morgan fingerprint density at radius 3 is 2.76 bits per heavy atom. The van der Waals surface area contributed by atoms with Gasteiger partial charge in [-0.25, -0.2) is 9.78 Å². The number of aryl methyl sites for hydroxylation is 1.